The van der Waals surface area contributed by atoms with E-state index in [2.05, 4.69) is 15.6 Å². The Kier molecular flexibility index (Phi) is 4.74. The van der Waals surface area contributed by atoms with Crippen molar-refractivity contribution in [2.24, 2.45) is 0 Å². The zero-order valence-electron chi connectivity index (χ0n) is 14.0. The summed E-state index contributed by atoms with van der Waals surface area (Å²) in [5, 5.41) is 11.2. The van der Waals surface area contributed by atoms with Crippen molar-refractivity contribution in [2.45, 2.75) is 19.4 Å². The standard InChI is InChI=1S/C18H18N4O3/c1-3-16(17(23)19-12-7-6-8-13(11-12)25-2)22-18(24)14-9-4-5-10-15(14)20-21-22/h4-11,16H,3H2,1-2H3,(H,19,23). The van der Waals surface area contributed by atoms with E-state index in [1.807, 2.05) is 6.92 Å². The van der Waals surface area contributed by atoms with E-state index in [9.17, 15) is 9.59 Å². The molecule has 1 unspecified atom stereocenters. The Hall–Kier alpha value is -3.22. The highest BCUT2D eigenvalue weighted by Gasteiger charge is 2.22. The van der Waals surface area contributed by atoms with Gasteiger partial charge >= 0.3 is 0 Å². The number of carbonyl (C=O) groups excluding carboxylic acids is 1. The maximum absolute atomic E-state index is 12.7. The van der Waals surface area contributed by atoms with E-state index in [0.717, 1.165) is 4.68 Å². The van der Waals surface area contributed by atoms with Crippen molar-refractivity contribution in [1.82, 2.24) is 15.0 Å². The molecular formula is C18H18N4O3. The fraction of sp³-hybridized carbons (Fsp3) is 0.222. The number of ether oxygens (including phenoxy) is 1. The number of amides is 1. The SMILES string of the molecule is CCC(C(=O)Nc1cccc(OC)c1)n1nnc2ccccc2c1=O. The molecule has 0 saturated carbocycles. The van der Waals surface area contributed by atoms with E-state index in [1.165, 1.54) is 0 Å². The number of benzene rings is 2. The Balaban J connectivity index is 1.92. The Labute approximate surface area is 144 Å². The highest BCUT2D eigenvalue weighted by Crippen LogP contribution is 2.19. The third-order valence-corrected chi connectivity index (χ3v) is 3.91. The number of nitrogens with zero attached hydrogens (tertiary/aromatic N) is 3. The predicted octanol–water partition coefficient (Wildman–Crippen LogP) is 2.39. The Morgan fingerprint density at radius 3 is 2.80 bits per heavy atom. The van der Waals surface area contributed by atoms with Gasteiger partial charge in [-0.15, -0.1) is 5.10 Å². The molecule has 0 saturated heterocycles. The summed E-state index contributed by atoms with van der Waals surface area (Å²) in [5.74, 6) is 0.302. The summed E-state index contributed by atoms with van der Waals surface area (Å²) in [5.41, 5.74) is 0.759. The first kappa shape index (κ1) is 16.6. The molecule has 128 valence electrons. The molecule has 1 atom stereocenters. The third-order valence-electron chi connectivity index (χ3n) is 3.91. The molecule has 0 aliphatic carbocycles. The molecule has 0 spiro atoms. The summed E-state index contributed by atoms with van der Waals surface area (Å²) in [7, 11) is 1.56. The summed E-state index contributed by atoms with van der Waals surface area (Å²) in [4.78, 5) is 25.3. The highest BCUT2D eigenvalue weighted by molar-refractivity contribution is 5.94. The summed E-state index contributed by atoms with van der Waals surface area (Å²) in [6.07, 6.45) is 0.405. The van der Waals surface area contributed by atoms with Crippen LogP contribution < -0.4 is 15.6 Å². The van der Waals surface area contributed by atoms with Gasteiger partial charge in [0.1, 0.15) is 17.3 Å². The van der Waals surface area contributed by atoms with Crippen LogP contribution in [0.15, 0.2) is 53.3 Å². The van der Waals surface area contributed by atoms with Gasteiger partial charge in [-0.3, -0.25) is 9.59 Å². The predicted molar refractivity (Wildman–Crippen MR) is 94.7 cm³/mol. The van der Waals surface area contributed by atoms with E-state index in [4.69, 9.17) is 4.74 Å². The molecule has 0 aliphatic heterocycles. The van der Waals surface area contributed by atoms with E-state index in [1.54, 1.807) is 55.6 Å². The van der Waals surface area contributed by atoms with Gasteiger partial charge in [0.2, 0.25) is 5.91 Å². The fourth-order valence-corrected chi connectivity index (χ4v) is 2.60. The van der Waals surface area contributed by atoms with Gasteiger partial charge in [0.25, 0.3) is 5.56 Å². The molecule has 0 radical (unpaired) electrons. The molecule has 0 bridgehead atoms. The fourth-order valence-electron chi connectivity index (χ4n) is 2.60. The maximum atomic E-state index is 12.7. The van der Waals surface area contributed by atoms with Gasteiger partial charge in [0.05, 0.1) is 12.5 Å². The minimum atomic E-state index is -0.754. The quantitative estimate of drug-likeness (QED) is 0.772. The number of methoxy groups -OCH3 is 1. The van der Waals surface area contributed by atoms with Crippen LogP contribution in [0.3, 0.4) is 0 Å². The smallest absolute Gasteiger partial charge is 0.278 e. The van der Waals surface area contributed by atoms with Crippen LogP contribution in [0.1, 0.15) is 19.4 Å². The second-order valence-electron chi connectivity index (χ2n) is 5.50. The number of fused-ring (bicyclic) bond motifs is 1. The summed E-state index contributed by atoms with van der Waals surface area (Å²) in [6, 6.07) is 13.2. The zero-order chi connectivity index (χ0) is 17.8. The van der Waals surface area contributed by atoms with Crippen molar-refractivity contribution in [3.63, 3.8) is 0 Å². The molecule has 0 fully saturated rings. The molecule has 1 N–H and O–H groups in total. The van der Waals surface area contributed by atoms with Gasteiger partial charge in [0.15, 0.2) is 0 Å². The van der Waals surface area contributed by atoms with E-state index >= 15 is 0 Å². The molecule has 1 aromatic heterocycles. The lowest BCUT2D eigenvalue weighted by Gasteiger charge is -2.16. The molecule has 7 heteroatoms. The molecule has 1 amide bonds. The number of anilines is 1. The maximum Gasteiger partial charge on any atom is 0.278 e. The van der Waals surface area contributed by atoms with Crippen LogP contribution in [0, 0.1) is 0 Å². The second-order valence-corrected chi connectivity index (χ2v) is 5.50. The number of hydrogen-bond donors (Lipinski definition) is 1. The van der Waals surface area contributed by atoms with Crippen molar-refractivity contribution in [2.75, 3.05) is 12.4 Å². The van der Waals surface area contributed by atoms with Crippen molar-refractivity contribution in [3.05, 3.63) is 58.9 Å². The largest absolute Gasteiger partial charge is 0.497 e. The molecule has 1 heterocycles. The number of hydrogen-bond acceptors (Lipinski definition) is 5. The Bertz CT molecular complexity index is 968. The van der Waals surface area contributed by atoms with E-state index in [-0.39, 0.29) is 11.5 Å². The summed E-state index contributed by atoms with van der Waals surface area (Å²) >= 11 is 0. The van der Waals surface area contributed by atoms with E-state index < -0.39 is 6.04 Å². The molecule has 7 nitrogen and oxygen atoms in total. The van der Waals surface area contributed by atoms with Gasteiger partial charge in [-0.1, -0.05) is 30.3 Å². The zero-order valence-corrected chi connectivity index (χ0v) is 14.0. The first-order chi connectivity index (χ1) is 12.1. The lowest BCUT2D eigenvalue weighted by atomic mass is 10.2. The minimum Gasteiger partial charge on any atom is -0.497 e. The molecule has 0 aliphatic rings. The van der Waals surface area contributed by atoms with Gasteiger partial charge in [-0.25, -0.2) is 0 Å². The van der Waals surface area contributed by atoms with Crippen LogP contribution in [0.25, 0.3) is 10.9 Å². The topological polar surface area (TPSA) is 86.1 Å². The van der Waals surface area contributed by atoms with E-state index in [0.29, 0.717) is 28.8 Å². The minimum absolute atomic E-state index is 0.331. The van der Waals surface area contributed by atoms with Crippen LogP contribution in [-0.4, -0.2) is 28.0 Å². The normalized spacial score (nSPS) is 11.9. The molecular weight excluding hydrogens is 320 g/mol. The average molecular weight is 338 g/mol. The van der Waals surface area contributed by atoms with Crippen LogP contribution in [0.4, 0.5) is 5.69 Å². The monoisotopic (exact) mass is 338 g/mol. The van der Waals surface area contributed by atoms with Crippen molar-refractivity contribution >= 4 is 22.5 Å². The molecule has 2 aromatic carbocycles. The van der Waals surface area contributed by atoms with Crippen molar-refractivity contribution in [3.8, 4) is 5.75 Å². The Morgan fingerprint density at radius 2 is 2.04 bits per heavy atom. The third kappa shape index (κ3) is 3.35. The van der Waals surface area contributed by atoms with Gasteiger partial charge < -0.3 is 10.1 Å². The van der Waals surface area contributed by atoms with Crippen molar-refractivity contribution < 1.29 is 9.53 Å². The number of aromatic nitrogens is 3. The van der Waals surface area contributed by atoms with Crippen LogP contribution in [0.5, 0.6) is 5.75 Å². The first-order valence-corrected chi connectivity index (χ1v) is 7.93. The van der Waals surface area contributed by atoms with Crippen LogP contribution >= 0.6 is 0 Å². The summed E-state index contributed by atoms with van der Waals surface area (Å²) in [6.45, 7) is 1.82. The summed E-state index contributed by atoms with van der Waals surface area (Å²) < 4.78 is 6.28. The number of nitrogens with one attached hydrogen (secondary N) is 1. The van der Waals surface area contributed by atoms with Gasteiger partial charge in [-0.2, -0.15) is 4.68 Å². The Morgan fingerprint density at radius 1 is 1.24 bits per heavy atom. The van der Waals surface area contributed by atoms with Crippen molar-refractivity contribution in [1.29, 1.82) is 0 Å². The molecule has 25 heavy (non-hydrogen) atoms. The number of rotatable bonds is 5. The van der Waals surface area contributed by atoms with Gasteiger partial charge in [0, 0.05) is 11.8 Å². The number of carbonyl (C=O) groups is 1. The highest BCUT2D eigenvalue weighted by atomic mass is 16.5. The average Bonchev–Trinajstić information content (AvgIpc) is 2.64. The lowest BCUT2D eigenvalue weighted by molar-refractivity contribution is -0.119. The lowest BCUT2D eigenvalue weighted by Crippen LogP contribution is -2.35. The second kappa shape index (κ2) is 7.12. The van der Waals surface area contributed by atoms with Crippen LogP contribution in [0.2, 0.25) is 0 Å². The molecule has 3 rings (SSSR count). The van der Waals surface area contributed by atoms with Crippen LogP contribution in [-0.2, 0) is 4.79 Å². The van der Waals surface area contributed by atoms with Gasteiger partial charge in [-0.05, 0) is 30.7 Å². The molecule has 3 aromatic rings. The first-order valence-electron chi connectivity index (χ1n) is 7.93.